The monoisotopic (exact) mass is 253 g/mol. The van der Waals surface area contributed by atoms with Gasteiger partial charge in [-0.1, -0.05) is 25.2 Å². The number of amides is 1. The van der Waals surface area contributed by atoms with Crippen molar-refractivity contribution in [1.82, 2.24) is 9.88 Å². The second-order valence-corrected chi connectivity index (χ2v) is 6.04. The van der Waals surface area contributed by atoms with Crippen LogP contribution in [0.1, 0.15) is 35.6 Å². The molecule has 0 saturated carbocycles. The maximum atomic E-state index is 12.3. The van der Waals surface area contributed by atoms with E-state index in [0.717, 1.165) is 25.2 Å². The van der Waals surface area contributed by atoms with Crippen LogP contribution in [0.4, 0.5) is 5.13 Å². The van der Waals surface area contributed by atoms with Crippen molar-refractivity contribution in [3.8, 4) is 0 Å². The van der Waals surface area contributed by atoms with Crippen molar-refractivity contribution in [2.24, 2.45) is 11.8 Å². The van der Waals surface area contributed by atoms with Crippen molar-refractivity contribution in [3.63, 3.8) is 0 Å². The number of rotatable bonds is 2. The Morgan fingerprint density at radius 2 is 2.29 bits per heavy atom. The maximum Gasteiger partial charge on any atom is 0.265 e. The van der Waals surface area contributed by atoms with E-state index in [1.165, 1.54) is 11.3 Å². The minimum atomic E-state index is 0.0971. The summed E-state index contributed by atoms with van der Waals surface area (Å²) in [6.45, 7) is 8.01. The van der Waals surface area contributed by atoms with E-state index in [0.29, 0.717) is 21.8 Å². The SMILES string of the molecule is Cc1nc(N)sc1C(=O)N1CCC(C(C)C)C1. The standard InChI is InChI=1S/C12H19N3OS/c1-7(2)9-4-5-15(6-9)11(16)10-8(3)14-12(13)17-10/h7,9H,4-6H2,1-3H3,(H2,13,14). The third kappa shape index (κ3) is 2.44. The van der Waals surface area contributed by atoms with Crippen LogP contribution in [0.5, 0.6) is 0 Å². The van der Waals surface area contributed by atoms with Gasteiger partial charge in [0.25, 0.3) is 5.91 Å². The predicted molar refractivity (Wildman–Crippen MR) is 70.1 cm³/mol. The van der Waals surface area contributed by atoms with Crippen molar-refractivity contribution in [2.75, 3.05) is 18.8 Å². The van der Waals surface area contributed by atoms with Crippen LogP contribution in [0.25, 0.3) is 0 Å². The van der Waals surface area contributed by atoms with E-state index in [1.807, 2.05) is 11.8 Å². The van der Waals surface area contributed by atoms with Gasteiger partial charge in [-0.25, -0.2) is 4.98 Å². The number of nitrogens with zero attached hydrogens (tertiary/aromatic N) is 2. The van der Waals surface area contributed by atoms with Crippen molar-refractivity contribution in [2.45, 2.75) is 27.2 Å². The lowest BCUT2D eigenvalue weighted by Crippen LogP contribution is -2.29. The number of likely N-dealkylation sites (tertiary alicyclic amines) is 1. The zero-order valence-corrected chi connectivity index (χ0v) is 11.4. The van der Waals surface area contributed by atoms with Crippen molar-refractivity contribution < 1.29 is 4.79 Å². The minimum Gasteiger partial charge on any atom is -0.375 e. The summed E-state index contributed by atoms with van der Waals surface area (Å²) < 4.78 is 0. The quantitative estimate of drug-likeness (QED) is 0.878. The van der Waals surface area contributed by atoms with Crippen LogP contribution in [0, 0.1) is 18.8 Å². The Labute approximate surface area is 106 Å². The van der Waals surface area contributed by atoms with Crippen LogP contribution in [-0.4, -0.2) is 28.9 Å². The second-order valence-electron chi connectivity index (χ2n) is 5.01. The largest absolute Gasteiger partial charge is 0.375 e. The summed E-state index contributed by atoms with van der Waals surface area (Å²) in [4.78, 5) is 19.0. The molecule has 0 spiro atoms. The van der Waals surface area contributed by atoms with Crippen LogP contribution >= 0.6 is 11.3 Å². The molecule has 1 fully saturated rings. The van der Waals surface area contributed by atoms with Crippen molar-refractivity contribution in [3.05, 3.63) is 10.6 Å². The topological polar surface area (TPSA) is 59.2 Å². The maximum absolute atomic E-state index is 12.3. The van der Waals surface area contributed by atoms with Gasteiger partial charge in [-0.2, -0.15) is 0 Å². The molecule has 0 bridgehead atoms. The zero-order chi connectivity index (χ0) is 12.6. The van der Waals surface area contributed by atoms with Gasteiger partial charge in [0.2, 0.25) is 0 Å². The average Bonchev–Trinajstić information content (AvgIpc) is 2.84. The Kier molecular flexibility index (Phi) is 3.38. The van der Waals surface area contributed by atoms with Gasteiger partial charge >= 0.3 is 0 Å². The van der Waals surface area contributed by atoms with E-state index >= 15 is 0 Å². The summed E-state index contributed by atoms with van der Waals surface area (Å²) in [7, 11) is 0. The Balaban J connectivity index is 2.09. The van der Waals surface area contributed by atoms with Crippen LogP contribution < -0.4 is 5.73 Å². The third-order valence-corrected chi connectivity index (χ3v) is 4.44. The molecule has 1 aliphatic rings. The number of aryl methyl sites for hydroxylation is 1. The number of hydrogen-bond acceptors (Lipinski definition) is 4. The predicted octanol–water partition coefficient (Wildman–Crippen LogP) is 2.15. The molecule has 94 valence electrons. The summed E-state index contributed by atoms with van der Waals surface area (Å²) in [5, 5.41) is 0.477. The fraction of sp³-hybridized carbons (Fsp3) is 0.667. The molecule has 1 aromatic heterocycles. The molecule has 0 aromatic carbocycles. The number of hydrogen-bond donors (Lipinski definition) is 1. The molecule has 1 unspecified atom stereocenters. The molecule has 17 heavy (non-hydrogen) atoms. The highest BCUT2D eigenvalue weighted by atomic mass is 32.1. The molecule has 2 N–H and O–H groups in total. The molecular weight excluding hydrogens is 234 g/mol. The Morgan fingerprint density at radius 3 is 2.76 bits per heavy atom. The van der Waals surface area contributed by atoms with E-state index in [-0.39, 0.29) is 5.91 Å². The van der Waals surface area contributed by atoms with Crippen molar-refractivity contribution >= 4 is 22.4 Å². The van der Waals surface area contributed by atoms with Gasteiger partial charge in [-0.05, 0) is 25.2 Å². The van der Waals surface area contributed by atoms with Gasteiger partial charge in [0, 0.05) is 13.1 Å². The number of thiazole rings is 1. The Hall–Kier alpha value is -1.10. The number of carbonyl (C=O) groups is 1. The highest BCUT2D eigenvalue weighted by Gasteiger charge is 2.30. The van der Waals surface area contributed by atoms with E-state index in [9.17, 15) is 4.79 Å². The van der Waals surface area contributed by atoms with Crippen LogP contribution in [0.15, 0.2) is 0 Å². The lowest BCUT2D eigenvalue weighted by Gasteiger charge is -2.17. The van der Waals surface area contributed by atoms with Crippen LogP contribution in [0.3, 0.4) is 0 Å². The summed E-state index contributed by atoms with van der Waals surface area (Å²) in [6, 6.07) is 0. The van der Waals surface area contributed by atoms with Crippen LogP contribution in [-0.2, 0) is 0 Å². The van der Waals surface area contributed by atoms with Gasteiger partial charge in [0.1, 0.15) is 4.88 Å². The van der Waals surface area contributed by atoms with Gasteiger partial charge in [-0.3, -0.25) is 4.79 Å². The molecule has 1 saturated heterocycles. The van der Waals surface area contributed by atoms with E-state index in [4.69, 9.17) is 5.73 Å². The molecule has 2 heterocycles. The molecule has 1 aliphatic heterocycles. The minimum absolute atomic E-state index is 0.0971. The molecule has 0 radical (unpaired) electrons. The fourth-order valence-electron chi connectivity index (χ4n) is 2.28. The zero-order valence-electron chi connectivity index (χ0n) is 10.6. The Bertz CT molecular complexity index is 427. The average molecular weight is 253 g/mol. The number of nitrogen functional groups attached to an aromatic ring is 1. The molecule has 5 heteroatoms. The molecule has 2 rings (SSSR count). The highest BCUT2D eigenvalue weighted by Crippen LogP contribution is 2.27. The van der Waals surface area contributed by atoms with Crippen molar-refractivity contribution in [1.29, 1.82) is 0 Å². The lowest BCUT2D eigenvalue weighted by atomic mass is 9.95. The molecule has 1 aromatic rings. The van der Waals surface area contributed by atoms with Gasteiger partial charge in [0.05, 0.1) is 5.69 Å². The molecular formula is C12H19N3OS. The highest BCUT2D eigenvalue weighted by molar-refractivity contribution is 7.17. The van der Waals surface area contributed by atoms with Crippen LogP contribution in [0.2, 0.25) is 0 Å². The first-order valence-electron chi connectivity index (χ1n) is 6.01. The first-order chi connectivity index (χ1) is 7.99. The molecule has 1 atom stereocenters. The molecule has 0 aliphatic carbocycles. The summed E-state index contributed by atoms with van der Waals surface area (Å²) >= 11 is 1.29. The summed E-state index contributed by atoms with van der Waals surface area (Å²) in [6.07, 6.45) is 1.11. The lowest BCUT2D eigenvalue weighted by molar-refractivity contribution is 0.0788. The number of aromatic nitrogens is 1. The second kappa shape index (κ2) is 4.64. The van der Waals surface area contributed by atoms with E-state index in [2.05, 4.69) is 18.8 Å². The smallest absolute Gasteiger partial charge is 0.265 e. The number of anilines is 1. The van der Waals surface area contributed by atoms with E-state index in [1.54, 1.807) is 0 Å². The first kappa shape index (κ1) is 12.4. The normalized spacial score (nSPS) is 20.2. The summed E-state index contributed by atoms with van der Waals surface area (Å²) in [5.74, 6) is 1.37. The number of nitrogens with two attached hydrogens (primary N) is 1. The molecule has 4 nitrogen and oxygen atoms in total. The fourth-order valence-corrected chi connectivity index (χ4v) is 3.08. The van der Waals surface area contributed by atoms with Gasteiger partial charge in [0.15, 0.2) is 5.13 Å². The Morgan fingerprint density at radius 1 is 1.59 bits per heavy atom. The van der Waals surface area contributed by atoms with E-state index < -0.39 is 0 Å². The molecule has 1 amide bonds. The first-order valence-corrected chi connectivity index (χ1v) is 6.83. The third-order valence-electron chi connectivity index (χ3n) is 3.46. The van der Waals surface area contributed by atoms with Gasteiger partial charge in [-0.15, -0.1) is 0 Å². The summed E-state index contributed by atoms with van der Waals surface area (Å²) in [5.41, 5.74) is 6.38. The number of carbonyl (C=O) groups excluding carboxylic acids is 1. The van der Waals surface area contributed by atoms with Gasteiger partial charge < -0.3 is 10.6 Å².